The molecule has 1 aromatic rings. The van der Waals surface area contributed by atoms with Gasteiger partial charge in [-0.3, -0.25) is 4.79 Å². The van der Waals surface area contributed by atoms with Crippen molar-refractivity contribution >= 4 is 21.9 Å². The average molecular weight is 318 g/mol. The van der Waals surface area contributed by atoms with Crippen molar-refractivity contribution in [3.8, 4) is 0 Å². The van der Waals surface area contributed by atoms with Gasteiger partial charge in [0.25, 0.3) is 5.56 Å². The van der Waals surface area contributed by atoms with Crippen molar-refractivity contribution in [3.63, 3.8) is 0 Å². The number of aryl methyl sites for hydroxylation is 1. The monoisotopic (exact) mass is 317 g/mol. The molecule has 100 valence electrons. The summed E-state index contributed by atoms with van der Waals surface area (Å²) in [6.07, 6.45) is 1.58. The van der Waals surface area contributed by atoms with E-state index in [9.17, 15) is 9.59 Å². The number of aromatic nitrogens is 1. The Labute approximate surface area is 114 Å². The summed E-state index contributed by atoms with van der Waals surface area (Å²) in [7, 11) is 1.53. The van der Waals surface area contributed by atoms with Gasteiger partial charge in [0.1, 0.15) is 12.6 Å². The normalized spacial score (nSPS) is 12.2. The number of nitrogens with zero attached hydrogens (tertiary/aromatic N) is 1. The number of methoxy groups -OCH3 is 1. The molecule has 0 N–H and O–H groups in total. The first-order chi connectivity index (χ1) is 8.47. The van der Waals surface area contributed by atoms with Gasteiger partial charge in [-0.25, -0.2) is 4.79 Å². The van der Waals surface area contributed by atoms with E-state index in [1.54, 1.807) is 26.1 Å². The molecule has 1 heterocycles. The molecule has 0 bridgehead atoms. The Morgan fingerprint density at radius 1 is 1.50 bits per heavy atom. The molecule has 0 aliphatic rings. The maximum Gasteiger partial charge on any atom is 0.329 e. The Balaban J connectivity index is 2.87. The van der Waals surface area contributed by atoms with Gasteiger partial charge in [0.05, 0.1) is 6.61 Å². The van der Waals surface area contributed by atoms with Gasteiger partial charge >= 0.3 is 5.97 Å². The van der Waals surface area contributed by atoms with Crippen LogP contribution in [0.1, 0.15) is 18.5 Å². The molecule has 0 saturated carbocycles. The highest BCUT2D eigenvalue weighted by Gasteiger charge is 2.18. The van der Waals surface area contributed by atoms with Gasteiger partial charge in [0.2, 0.25) is 0 Å². The third kappa shape index (κ3) is 3.68. The molecule has 5 nitrogen and oxygen atoms in total. The molecular formula is C12H16BrNO4. The summed E-state index contributed by atoms with van der Waals surface area (Å²) in [4.78, 5) is 23.6. The molecule has 0 spiro atoms. The zero-order valence-corrected chi connectivity index (χ0v) is 12.2. The number of rotatable bonds is 5. The summed E-state index contributed by atoms with van der Waals surface area (Å²) in [6.45, 7) is 3.85. The number of esters is 1. The summed E-state index contributed by atoms with van der Waals surface area (Å²) in [5.41, 5.74) is 0.371. The number of halogens is 1. The molecule has 1 unspecified atom stereocenters. The Morgan fingerprint density at radius 2 is 2.17 bits per heavy atom. The minimum Gasteiger partial charge on any atom is -0.462 e. The molecule has 0 aromatic carbocycles. The summed E-state index contributed by atoms with van der Waals surface area (Å²) >= 11 is 3.30. The van der Waals surface area contributed by atoms with E-state index in [1.807, 2.05) is 0 Å². The largest absolute Gasteiger partial charge is 0.462 e. The van der Waals surface area contributed by atoms with Crippen molar-refractivity contribution in [1.82, 2.24) is 4.57 Å². The molecule has 0 amide bonds. The SMILES string of the molecule is COCCOC(=O)C(C)n1cc(Br)cc(C)c1=O. The highest BCUT2D eigenvalue weighted by molar-refractivity contribution is 9.10. The molecule has 0 radical (unpaired) electrons. The van der Waals surface area contributed by atoms with Gasteiger partial charge in [-0.1, -0.05) is 0 Å². The highest BCUT2D eigenvalue weighted by Crippen LogP contribution is 2.12. The maximum absolute atomic E-state index is 11.9. The first-order valence-electron chi connectivity index (χ1n) is 5.51. The quantitative estimate of drug-likeness (QED) is 0.612. The molecule has 1 rings (SSSR count). The predicted octanol–water partition coefficient (Wildman–Crippen LogP) is 1.67. The fourth-order valence-corrected chi connectivity index (χ4v) is 2.01. The highest BCUT2D eigenvalue weighted by atomic mass is 79.9. The average Bonchev–Trinajstić information content (AvgIpc) is 2.33. The van der Waals surface area contributed by atoms with Crippen LogP contribution >= 0.6 is 15.9 Å². The number of pyridine rings is 1. The fraction of sp³-hybridized carbons (Fsp3) is 0.500. The van der Waals surface area contributed by atoms with Crippen LogP contribution in [0.5, 0.6) is 0 Å². The second kappa shape index (κ2) is 6.70. The lowest BCUT2D eigenvalue weighted by atomic mass is 10.2. The van der Waals surface area contributed by atoms with Crippen LogP contribution in [0.2, 0.25) is 0 Å². The first-order valence-corrected chi connectivity index (χ1v) is 6.30. The van der Waals surface area contributed by atoms with Crippen molar-refractivity contribution in [3.05, 3.63) is 32.7 Å². The Morgan fingerprint density at radius 3 is 2.78 bits per heavy atom. The van der Waals surface area contributed by atoms with Gasteiger partial charge in [0, 0.05) is 23.3 Å². The van der Waals surface area contributed by atoms with Crippen LogP contribution in [0.3, 0.4) is 0 Å². The Kier molecular flexibility index (Phi) is 5.55. The number of ether oxygens (including phenoxy) is 2. The maximum atomic E-state index is 11.9. The molecule has 0 aliphatic carbocycles. The minimum atomic E-state index is -0.662. The topological polar surface area (TPSA) is 57.5 Å². The van der Waals surface area contributed by atoms with E-state index in [0.29, 0.717) is 12.2 Å². The molecule has 1 aromatic heterocycles. The van der Waals surface area contributed by atoms with Gasteiger partial charge in [0.15, 0.2) is 0 Å². The van der Waals surface area contributed by atoms with Gasteiger partial charge in [-0.05, 0) is 35.8 Å². The van der Waals surface area contributed by atoms with E-state index in [2.05, 4.69) is 15.9 Å². The van der Waals surface area contributed by atoms with Crippen LogP contribution < -0.4 is 5.56 Å². The molecule has 1 atom stereocenters. The van der Waals surface area contributed by atoms with Crippen molar-refractivity contribution in [2.75, 3.05) is 20.3 Å². The van der Waals surface area contributed by atoms with E-state index in [4.69, 9.17) is 9.47 Å². The second-order valence-corrected chi connectivity index (χ2v) is 4.81. The van der Waals surface area contributed by atoms with E-state index < -0.39 is 12.0 Å². The van der Waals surface area contributed by atoms with Crippen LogP contribution in [0.4, 0.5) is 0 Å². The minimum absolute atomic E-state index is 0.182. The fourth-order valence-electron chi connectivity index (χ4n) is 1.45. The van der Waals surface area contributed by atoms with Crippen molar-refractivity contribution in [2.45, 2.75) is 19.9 Å². The summed E-state index contributed by atoms with van der Waals surface area (Å²) < 4.78 is 11.9. The van der Waals surface area contributed by atoms with E-state index in [-0.39, 0.29) is 12.2 Å². The third-order valence-electron chi connectivity index (χ3n) is 2.48. The number of hydrogen-bond donors (Lipinski definition) is 0. The summed E-state index contributed by atoms with van der Waals surface area (Å²) in [5.74, 6) is -0.452. The Hall–Kier alpha value is -1.14. The number of carbonyl (C=O) groups is 1. The predicted molar refractivity (Wildman–Crippen MR) is 70.7 cm³/mol. The van der Waals surface area contributed by atoms with Crippen molar-refractivity contribution in [2.24, 2.45) is 0 Å². The summed E-state index contributed by atoms with van der Waals surface area (Å²) in [5, 5.41) is 0. The second-order valence-electron chi connectivity index (χ2n) is 3.89. The molecular weight excluding hydrogens is 302 g/mol. The van der Waals surface area contributed by atoms with Gasteiger partial charge in [-0.2, -0.15) is 0 Å². The van der Waals surface area contributed by atoms with Crippen molar-refractivity contribution in [1.29, 1.82) is 0 Å². The molecule has 18 heavy (non-hydrogen) atoms. The number of carbonyl (C=O) groups excluding carboxylic acids is 1. The molecule has 0 fully saturated rings. The first kappa shape index (κ1) is 14.9. The van der Waals surface area contributed by atoms with E-state index in [1.165, 1.54) is 11.7 Å². The van der Waals surface area contributed by atoms with Crippen molar-refractivity contribution < 1.29 is 14.3 Å². The Bertz CT molecular complexity index is 483. The van der Waals surface area contributed by atoms with Crippen LogP contribution in [-0.2, 0) is 14.3 Å². The van der Waals surface area contributed by atoms with Gasteiger partial charge < -0.3 is 14.0 Å². The molecule has 6 heteroatoms. The summed E-state index contributed by atoms with van der Waals surface area (Å²) in [6, 6.07) is 1.05. The zero-order valence-electron chi connectivity index (χ0n) is 10.6. The zero-order chi connectivity index (χ0) is 13.7. The van der Waals surface area contributed by atoms with Crippen LogP contribution in [0, 0.1) is 6.92 Å². The molecule has 0 saturated heterocycles. The third-order valence-corrected chi connectivity index (χ3v) is 2.91. The lowest BCUT2D eigenvalue weighted by Crippen LogP contribution is -2.30. The van der Waals surface area contributed by atoms with Crippen LogP contribution in [-0.4, -0.2) is 30.9 Å². The van der Waals surface area contributed by atoms with Gasteiger partial charge in [-0.15, -0.1) is 0 Å². The lowest BCUT2D eigenvalue weighted by Gasteiger charge is -2.15. The standard InChI is InChI=1S/C12H16BrNO4/c1-8-6-10(13)7-14(11(8)15)9(2)12(16)18-5-4-17-3/h6-7,9H,4-5H2,1-3H3. The van der Waals surface area contributed by atoms with Crippen LogP contribution in [0.25, 0.3) is 0 Å². The van der Waals surface area contributed by atoms with E-state index >= 15 is 0 Å². The smallest absolute Gasteiger partial charge is 0.329 e. The van der Waals surface area contributed by atoms with E-state index in [0.717, 1.165) is 4.47 Å². The lowest BCUT2D eigenvalue weighted by molar-refractivity contribution is -0.148. The van der Waals surface area contributed by atoms with Crippen LogP contribution in [0.15, 0.2) is 21.5 Å². The number of hydrogen-bond acceptors (Lipinski definition) is 4. The molecule has 0 aliphatic heterocycles.